The van der Waals surface area contributed by atoms with Gasteiger partial charge in [-0.15, -0.1) is 0 Å². The van der Waals surface area contributed by atoms with E-state index >= 15 is 0 Å². The number of H-pyrrole nitrogens is 1. The molecule has 1 N–H and O–H groups in total. The molecule has 0 fully saturated rings. The minimum Gasteiger partial charge on any atom is -0.497 e. The molecule has 0 saturated heterocycles. The van der Waals surface area contributed by atoms with Gasteiger partial charge < -0.3 is 9.47 Å². The zero-order valence-electron chi connectivity index (χ0n) is 15.9. The van der Waals surface area contributed by atoms with Crippen LogP contribution >= 0.6 is 0 Å². The molecule has 0 saturated carbocycles. The van der Waals surface area contributed by atoms with Crippen molar-refractivity contribution in [3.8, 4) is 17.2 Å². The maximum absolute atomic E-state index is 12.9. The van der Waals surface area contributed by atoms with Crippen LogP contribution in [0.5, 0.6) is 11.5 Å². The number of aryl methyl sites for hydroxylation is 1. The third kappa shape index (κ3) is 3.95. The summed E-state index contributed by atoms with van der Waals surface area (Å²) in [7, 11) is 3.25. The van der Waals surface area contributed by atoms with Crippen molar-refractivity contribution in [2.45, 2.75) is 20.4 Å². The van der Waals surface area contributed by atoms with Gasteiger partial charge in [0, 0.05) is 11.4 Å². The summed E-state index contributed by atoms with van der Waals surface area (Å²) in [6.07, 6.45) is 0. The highest BCUT2D eigenvalue weighted by molar-refractivity contribution is 5.99. The van der Waals surface area contributed by atoms with Crippen LogP contribution in [0, 0.1) is 6.92 Å². The summed E-state index contributed by atoms with van der Waals surface area (Å²) in [5.74, 6) is 1.55. The third-order valence-electron chi connectivity index (χ3n) is 4.42. The second-order valence-electron chi connectivity index (χ2n) is 6.20. The van der Waals surface area contributed by atoms with Gasteiger partial charge in [-0.2, -0.15) is 0 Å². The van der Waals surface area contributed by atoms with Gasteiger partial charge in [-0.3, -0.25) is 14.9 Å². The minimum absolute atomic E-state index is 0.117. The highest BCUT2D eigenvalue weighted by Gasteiger charge is 2.15. The second kappa shape index (κ2) is 7.95. The highest BCUT2D eigenvalue weighted by atomic mass is 16.5. The molecule has 0 aliphatic rings. The maximum atomic E-state index is 12.9. The number of hydrogen-bond acceptors (Lipinski definition) is 4. The Hall–Kier alpha value is -3.28. The van der Waals surface area contributed by atoms with E-state index in [0.717, 1.165) is 28.4 Å². The summed E-state index contributed by atoms with van der Waals surface area (Å²) in [5.41, 5.74) is 3.77. The quantitative estimate of drug-likeness (QED) is 0.680. The first kappa shape index (κ1) is 18.5. The topological polar surface area (TPSA) is 68.6 Å². The number of rotatable bonds is 6. The van der Waals surface area contributed by atoms with Crippen molar-refractivity contribution in [1.82, 2.24) is 9.78 Å². The number of benzene rings is 2. The monoisotopic (exact) mass is 365 g/mol. The van der Waals surface area contributed by atoms with Crippen LogP contribution in [0.3, 0.4) is 0 Å². The molecule has 3 rings (SSSR count). The number of aromatic nitrogens is 2. The van der Waals surface area contributed by atoms with Crippen molar-refractivity contribution in [3.05, 3.63) is 75.7 Å². The first-order valence-corrected chi connectivity index (χ1v) is 8.64. The Balaban J connectivity index is 1.86. The van der Waals surface area contributed by atoms with Gasteiger partial charge in [0.05, 0.1) is 32.0 Å². The molecule has 0 aliphatic heterocycles. The molecule has 1 aromatic heterocycles. The van der Waals surface area contributed by atoms with Gasteiger partial charge in [-0.05, 0) is 55.8 Å². The molecule has 0 aliphatic carbocycles. The zero-order valence-corrected chi connectivity index (χ0v) is 15.9. The zero-order chi connectivity index (χ0) is 19.4. The molecule has 0 unspecified atom stereocenters. The molecular weight excluding hydrogens is 342 g/mol. The number of nitrogens with zero attached hydrogens (tertiary/aromatic N) is 2. The Kier molecular flexibility index (Phi) is 5.45. The lowest BCUT2D eigenvalue weighted by Crippen LogP contribution is -2.19. The van der Waals surface area contributed by atoms with E-state index in [9.17, 15) is 4.79 Å². The van der Waals surface area contributed by atoms with Crippen LogP contribution in [0.1, 0.15) is 23.7 Å². The van der Waals surface area contributed by atoms with Crippen molar-refractivity contribution < 1.29 is 9.47 Å². The predicted octanol–water partition coefficient (Wildman–Crippen LogP) is 3.50. The van der Waals surface area contributed by atoms with Gasteiger partial charge in [0.2, 0.25) is 0 Å². The van der Waals surface area contributed by atoms with E-state index in [1.54, 1.807) is 14.2 Å². The average molecular weight is 365 g/mol. The lowest BCUT2D eigenvalue weighted by molar-refractivity contribution is 0.414. The van der Waals surface area contributed by atoms with Crippen LogP contribution < -0.4 is 15.0 Å². The van der Waals surface area contributed by atoms with Crippen molar-refractivity contribution >= 4 is 5.71 Å². The van der Waals surface area contributed by atoms with Gasteiger partial charge in [0.25, 0.3) is 5.56 Å². The fourth-order valence-electron chi connectivity index (χ4n) is 2.91. The number of hydrogen-bond donors (Lipinski definition) is 1. The summed E-state index contributed by atoms with van der Waals surface area (Å²) in [6, 6.07) is 15.1. The van der Waals surface area contributed by atoms with Crippen LogP contribution in [0.4, 0.5) is 0 Å². The molecule has 6 heteroatoms. The Bertz CT molecular complexity index is 997. The van der Waals surface area contributed by atoms with Crippen molar-refractivity contribution in [2.75, 3.05) is 14.2 Å². The second-order valence-corrected chi connectivity index (χ2v) is 6.20. The minimum atomic E-state index is -0.117. The number of ether oxygens (including phenoxy) is 2. The molecule has 140 valence electrons. The molecule has 1 heterocycles. The van der Waals surface area contributed by atoms with Crippen LogP contribution in [0.2, 0.25) is 0 Å². The third-order valence-corrected chi connectivity index (χ3v) is 4.42. The maximum Gasteiger partial charge on any atom is 0.280 e. The van der Waals surface area contributed by atoms with E-state index in [4.69, 9.17) is 9.47 Å². The summed E-state index contributed by atoms with van der Waals surface area (Å²) in [4.78, 5) is 17.5. The van der Waals surface area contributed by atoms with Crippen molar-refractivity contribution in [1.29, 1.82) is 0 Å². The molecule has 2 aromatic carbocycles. The Morgan fingerprint density at radius 2 is 1.56 bits per heavy atom. The van der Waals surface area contributed by atoms with E-state index in [-0.39, 0.29) is 5.56 Å². The summed E-state index contributed by atoms with van der Waals surface area (Å²) in [5, 5.41) is 3.13. The smallest absolute Gasteiger partial charge is 0.280 e. The normalized spacial score (nSPS) is 11.5. The number of nitrogens with one attached hydrogen (secondary N) is 1. The number of aliphatic imine (C=N–C) groups is 1. The van der Waals surface area contributed by atoms with E-state index in [2.05, 4.69) is 10.1 Å². The molecule has 0 bridgehead atoms. The number of methoxy groups -OCH3 is 2. The molecule has 3 aromatic rings. The molecule has 0 spiro atoms. The predicted molar refractivity (Wildman–Crippen MR) is 107 cm³/mol. The fourth-order valence-corrected chi connectivity index (χ4v) is 2.91. The molecule has 0 atom stereocenters. The number of aromatic amines is 1. The Morgan fingerprint density at radius 3 is 2.11 bits per heavy atom. The Labute approximate surface area is 158 Å². The first-order chi connectivity index (χ1) is 13.0. The van der Waals surface area contributed by atoms with Crippen LogP contribution in [-0.2, 0) is 6.54 Å². The van der Waals surface area contributed by atoms with Crippen molar-refractivity contribution in [3.63, 3.8) is 0 Å². The molecule has 0 radical (unpaired) electrons. The van der Waals surface area contributed by atoms with E-state index in [1.807, 2.05) is 62.4 Å². The SMILES string of the molecule is COc1ccc(CN=C(C)c2c(C)[nH]n(-c3ccc(OC)cc3)c2=O)cc1. The van der Waals surface area contributed by atoms with E-state index < -0.39 is 0 Å². The molecular formula is C21H23N3O3. The lowest BCUT2D eigenvalue weighted by Gasteiger charge is -2.03. The van der Waals surface area contributed by atoms with Gasteiger partial charge in [-0.1, -0.05) is 12.1 Å². The lowest BCUT2D eigenvalue weighted by atomic mass is 10.1. The highest BCUT2D eigenvalue weighted by Crippen LogP contribution is 2.15. The molecule has 0 amide bonds. The van der Waals surface area contributed by atoms with Crippen LogP contribution in [0.15, 0.2) is 58.3 Å². The van der Waals surface area contributed by atoms with Gasteiger partial charge in [0.15, 0.2) is 0 Å². The largest absolute Gasteiger partial charge is 0.497 e. The fraction of sp³-hybridized carbons (Fsp3) is 0.238. The summed E-state index contributed by atoms with van der Waals surface area (Å²) in [6.45, 7) is 4.24. The van der Waals surface area contributed by atoms with Crippen molar-refractivity contribution in [2.24, 2.45) is 4.99 Å². The van der Waals surface area contributed by atoms with Gasteiger partial charge >= 0.3 is 0 Å². The van der Waals surface area contributed by atoms with Gasteiger partial charge in [-0.25, -0.2) is 4.68 Å². The summed E-state index contributed by atoms with van der Waals surface area (Å²) >= 11 is 0. The van der Waals surface area contributed by atoms with Gasteiger partial charge in [0.1, 0.15) is 11.5 Å². The van der Waals surface area contributed by atoms with Crippen LogP contribution in [0.25, 0.3) is 5.69 Å². The summed E-state index contributed by atoms with van der Waals surface area (Å²) < 4.78 is 11.9. The van der Waals surface area contributed by atoms with E-state index in [1.165, 1.54) is 4.68 Å². The molecule has 6 nitrogen and oxygen atoms in total. The standard InChI is InChI=1S/C21H23N3O3/c1-14(22-13-16-5-9-18(26-3)10-6-16)20-15(2)23-24(21(20)25)17-7-11-19(27-4)12-8-17/h5-12,23H,13H2,1-4H3. The molecule has 27 heavy (non-hydrogen) atoms. The first-order valence-electron chi connectivity index (χ1n) is 8.64. The Morgan fingerprint density at radius 1 is 1.00 bits per heavy atom. The van der Waals surface area contributed by atoms with E-state index in [0.29, 0.717) is 17.8 Å². The average Bonchev–Trinajstić information content (AvgIpc) is 3.00. The van der Waals surface area contributed by atoms with Crippen LogP contribution in [-0.4, -0.2) is 29.7 Å².